The van der Waals surface area contributed by atoms with Gasteiger partial charge in [0.25, 0.3) is 5.69 Å². The van der Waals surface area contributed by atoms with E-state index in [4.69, 9.17) is 0 Å². The summed E-state index contributed by atoms with van der Waals surface area (Å²) in [6.07, 6.45) is 1.01. The molecular weight excluding hydrogens is 352 g/mol. The molecule has 138 valence electrons. The minimum atomic E-state index is -1.98. The fourth-order valence-electron chi connectivity index (χ4n) is 4.83. The summed E-state index contributed by atoms with van der Waals surface area (Å²) < 4.78 is 1.23. The first kappa shape index (κ1) is 16.1. The van der Waals surface area contributed by atoms with Gasteiger partial charge < -0.3 is 20.4 Å². The maximum atomic E-state index is 11.3. The molecule has 27 heavy (non-hydrogen) atoms. The van der Waals surface area contributed by atoms with E-state index < -0.39 is 22.5 Å². The van der Waals surface area contributed by atoms with Crippen LogP contribution in [0.5, 0.6) is 11.8 Å². The predicted octanol–water partition coefficient (Wildman–Crippen LogP) is 2.61. The fraction of sp³-hybridized carbons (Fsp3) is 0.263. The third kappa shape index (κ3) is 1.83. The van der Waals surface area contributed by atoms with Crippen LogP contribution in [-0.2, 0) is 0 Å². The summed E-state index contributed by atoms with van der Waals surface area (Å²) >= 11 is 0. The second-order valence-electron chi connectivity index (χ2n) is 7.18. The molecule has 2 bridgehead atoms. The van der Waals surface area contributed by atoms with Gasteiger partial charge in [-0.3, -0.25) is 14.7 Å². The minimum Gasteiger partial charge on any atom is -0.494 e. The molecule has 2 unspecified atom stereocenters. The van der Waals surface area contributed by atoms with E-state index in [1.807, 2.05) is 0 Å². The van der Waals surface area contributed by atoms with Crippen molar-refractivity contribution in [2.45, 2.75) is 30.5 Å². The highest BCUT2D eigenvalue weighted by atomic mass is 16.6. The number of aromatic hydroxyl groups is 2. The van der Waals surface area contributed by atoms with Gasteiger partial charge in [0.1, 0.15) is 0 Å². The Morgan fingerprint density at radius 1 is 0.963 bits per heavy atom. The largest absolute Gasteiger partial charge is 0.494 e. The summed E-state index contributed by atoms with van der Waals surface area (Å²) in [4.78, 5) is 10.8. The first-order valence-corrected chi connectivity index (χ1v) is 8.61. The lowest BCUT2D eigenvalue weighted by molar-refractivity contribution is -0.383. The van der Waals surface area contributed by atoms with Crippen LogP contribution in [0.1, 0.15) is 35.8 Å². The highest BCUT2D eigenvalue weighted by Gasteiger charge is 2.60. The maximum absolute atomic E-state index is 11.3. The van der Waals surface area contributed by atoms with E-state index in [0.29, 0.717) is 40.4 Å². The van der Waals surface area contributed by atoms with Crippen molar-refractivity contribution in [3.8, 4) is 17.4 Å². The van der Waals surface area contributed by atoms with Crippen LogP contribution < -0.4 is 0 Å². The number of nitro groups is 1. The molecule has 2 atom stereocenters. The number of nitrogens with zero attached hydrogens (tertiary/aromatic N) is 2. The summed E-state index contributed by atoms with van der Waals surface area (Å²) in [6.45, 7) is 0. The van der Waals surface area contributed by atoms with Crippen molar-refractivity contribution in [3.05, 3.63) is 57.6 Å². The molecule has 1 saturated carbocycles. The maximum Gasteiger partial charge on any atom is 0.277 e. The van der Waals surface area contributed by atoms with E-state index >= 15 is 0 Å². The van der Waals surface area contributed by atoms with Crippen molar-refractivity contribution in [3.63, 3.8) is 0 Å². The molecule has 1 aromatic heterocycles. The van der Waals surface area contributed by atoms with Crippen LogP contribution in [-0.4, -0.2) is 35.7 Å². The molecule has 0 saturated heterocycles. The Hall–Kier alpha value is -3.10. The summed E-state index contributed by atoms with van der Waals surface area (Å²) in [5.74, 6) is -3.85. The number of hydrogen-bond acceptors (Lipinski definition) is 6. The standard InChI is InChI=1S/C19H16N2O6/c22-17-15-11-5-6-12(19(11,24)25)16(15)18(23)20(17)13-7-8-14(21(26)27)10-4-2-1-3-9(10)13/h1-4,7-8,11-12,22-25H,5-6H2. The topological polar surface area (TPSA) is 129 Å². The van der Waals surface area contributed by atoms with Gasteiger partial charge >= 0.3 is 0 Å². The zero-order chi connectivity index (χ0) is 19.1. The number of nitro benzene ring substituents is 1. The Labute approximate surface area is 152 Å². The zero-order valence-corrected chi connectivity index (χ0v) is 14.0. The Bertz CT molecular complexity index is 1100. The first-order valence-electron chi connectivity index (χ1n) is 8.61. The number of non-ortho nitro benzene ring substituents is 1. The normalized spacial score (nSPS) is 22.3. The quantitative estimate of drug-likeness (QED) is 0.313. The van der Waals surface area contributed by atoms with Crippen molar-refractivity contribution in [1.82, 2.24) is 4.57 Å². The summed E-state index contributed by atoms with van der Waals surface area (Å²) in [5, 5.41) is 54.5. The lowest BCUT2D eigenvalue weighted by atomic mass is 9.95. The predicted molar refractivity (Wildman–Crippen MR) is 95.1 cm³/mol. The molecule has 1 heterocycles. The van der Waals surface area contributed by atoms with Gasteiger partial charge in [-0.1, -0.05) is 18.2 Å². The average molecular weight is 368 g/mol. The van der Waals surface area contributed by atoms with E-state index in [-0.39, 0.29) is 17.4 Å². The molecule has 8 heteroatoms. The SMILES string of the molecule is O=[N+]([O-])c1ccc(-n2c(O)c3c(c2O)C2CCC3C2(O)O)c2ccccc12. The lowest BCUT2D eigenvalue weighted by Gasteiger charge is -2.22. The van der Waals surface area contributed by atoms with Gasteiger partial charge in [0.15, 0.2) is 5.79 Å². The van der Waals surface area contributed by atoms with Crippen molar-refractivity contribution in [1.29, 1.82) is 0 Å². The van der Waals surface area contributed by atoms with Crippen molar-refractivity contribution in [2.24, 2.45) is 0 Å². The first-order chi connectivity index (χ1) is 12.8. The van der Waals surface area contributed by atoms with Crippen LogP contribution in [0.2, 0.25) is 0 Å². The number of fused-ring (bicyclic) bond motifs is 6. The number of benzene rings is 2. The minimum absolute atomic E-state index is 0.0715. The van der Waals surface area contributed by atoms with E-state index in [0.717, 1.165) is 0 Å². The third-order valence-corrected chi connectivity index (χ3v) is 5.98. The monoisotopic (exact) mass is 368 g/mol. The third-order valence-electron chi connectivity index (χ3n) is 5.98. The molecule has 4 N–H and O–H groups in total. The van der Waals surface area contributed by atoms with E-state index in [1.165, 1.54) is 16.7 Å². The Morgan fingerprint density at radius 3 is 2.07 bits per heavy atom. The van der Waals surface area contributed by atoms with Crippen LogP contribution in [0.3, 0.4) is 0 Å². The Morgan fingerprint density at radius 2 is 1.52 bits per heavy atom. The van der Waals surface area contributed by atoms with Crippen LogP contribution >= 0.6 is 0 Å². The summed E-state index contributed by atoms with van der Waals surface area (Å²) in [5.41, 5.74) is 1.01. The molecular formula is C19H16N2O6. The molecule has 0 spiro atoms. The number of hydrogen-bond donors (Lipinski definition) is 4. The molecule has 2 aliphatic rings. The second kappa shape index (κ2) is 4.99. The molecule has 0 aliphatic heterocycles. The number of rotatable bonds is 2. The van der Waals surface area contributed by atoms with Gasteiger partial charge in [-0.15, -0.1) is 0 Å². The second-order valence-corrected chi connectivity index (χ2v) is 7.18. The molecule has 0 amide bonds. The van der Waals surface area contributed by atoms with E-state index in [1.54, 1.807) is 24.3 Å². The highest BCUT2D eigenvalue weighted by Crippen LogP contribution is 2.64. The van der Waals surface area contributed by atoms with Gasteiger partial charge in [0.2, 0.25) is 11.8 Å². The molecule has 8 nitrogen and oxygen atoms in total. The van der Waals surface area contributed by atoms with Crippen LogP contribution in [0.15, 0.2) is 36.4 Å². The molecule has 2 aliphatic carbocycles. The van der Waals surface area contributed by atoms with Crippen molar-refractivity contribution in [2.75, 3.05) is 0 Å². The fourth-order valence-corrected chi connectivity index (χ4v) is 4.83. The molecule has 3 aromatic rings. The van der Waals surface area contributed by atoms with Crippen LogP contribution in [0.4, 0.5) is 5.69 Å². The summed E-state index contributed by atoms with van der Waals surface area (Å²) in [6, 6.07) is 9.50. The van der Waals surface area contributed by atoms with Gasteiger partial charge in [0.05, 0.1) is 16.0 Å². The number of aromatic nitrogens is 1. The molecule has 5 rings (SSSR count). The van der Waals surface area contributed by atoms with Crippen molar-refractivity contribution < 1.29 is 25.3 Å². The lowest BCUT2D eigenvalue weighted by Crippen LogP contribution is -2.31. The van der Waals surface area contributed by atoms with Gasteiger partial charge in [0, 0.05) is 34.4 Å². The van der Waals surface area contributed by atoms with Crippen LogP contribution in [0.25, 0.3) is 16.5 Å². The molecule has 1 fully saturated rings. The van der Waals surface area contributed by atoms with Gasteiger partial charge in [-0.25, -0.2) is 0 Å². The summed E-state index contributed by atoms with van der Waals surface area (Å²) in [7, 11) is 0. The van der Waals surface area contributed by atoms with Crippen molar-refractivity contribution >= 4 is 16.5 Å². The molecule has 2 aromatic carbocycles. The van der Waals surface area contributed by atoms with Gasteiger partial charge in [-0.2, -0.15) is 0 Å². The molecule has 0 radical (unpaired) electrons. The number of aliphatic hydroxyl groups is 2. The Kier molecular flexibility index (Phi) is 2.98. The highest BCUT2D eigenvalue weighted by molar-refractivity contribution is 5.97. The average Bonchev–Trinajstić information content (AvgIpc) is 3.17. The van der Waals surface area contributed by atoms with E-state index in [9.17, 15) is 30.5 Å². The Balaban J connectivity index is 1.80. The zero-order valence-electron chi connectivity index (χ0n) is 14.0. The van der Waals surface area contributed by atoms with E-state index in [2.05, 4.69) is 0 Å². The van der Waals surface area contributed by atoms with Gasteiger partial charge in [-0.05, 0) is 25.0 Å². The van der Waals surface area contributed by atoms with Crippen LogP contribution in [0, 0.1) is 10.1 Å². The smallest absolute Gasteiger partial charge is 0.277 e.